The van der Waals surface area contributed by atoms with Gasteiger partial charge in [-0.25, -0.2) is 14.6 Å². The summed E-state index contributed by atoms with van der Waals surface area (Å²) >= 11 is 3.03. The number of aromatic nitrogens is 4. The van der Waals surface area contributed by atoms with Crippen molar-refractivity contribution in [1.29, 1.82) is 0 Å². The van der Waals surface area contributed by atoms with Crippen LogP contribution in [0.1, 0.15) is 0 Å². The molecule has 0 aliphatic carbocycles. The number of nitrogens with one attached hydrogen (secondary N) is 1. The fourth-order valence-corrected chi connectivity index (χ4v) is 4.21. The van der Waals surface area contributed by atoms with E-state index in [-0.39, 0.29) is 5.91 Å². The Labute approximate surface area is 151 Å². The molecule has 0 aliphatic rings. The average Bonchev–Trinajstić information content (AvgIpc) is 3.30. The van der Waals surface area contributed by atoms with Crippen LogP contribution in [0, 0.1) is 0 Å². The molecule has 0 saturated carbocycles. The lowest BCUT2D eigenvalue weighted by Gasteiger charge is -2.10. The number of amides is 1. The molecule has 6 nitrogen and oxygen atoms in total. The van der Waals surface area contributed by atoms with Crippen LogP contribution in [0.4, 0.5) is 5.69 Å². The minimum Gasteiger partial charge on any atom is -0.323 e. The van der Waals surface area contributed by atoms with Gasteiger partial charge in [0.05, 0.1) is 27.3 Å². The SMILES string of the molecule is O=C(CSc1nc2ccccc2s1)Nc1ccccc1-n1cncn1. The van der Waals surface area contributed by atoms with Crippen LogP contribution in [0.15, 0.2) is 65.5 Å². The Bertz CT molecular complexity index is 980. The summed E-state index contributed by atoms with van der Waals surface area (Å²) in [5.74, 6) is 0.211. The third kappa shape index (κ3) is 3.54. The second-order valence-electron chi connectivity index (χ2n) is 5.14. The molecular weight excluding hydrogens is 354 g/mol. The molecule has 0 fully saturated rings. The molecule has 0 saturated heterocycles. The van der Waals surface area contributed by atoms with Gasteiger partial charge in [-0.3, -0.25) is 4.79 Å². The third-order valence-electron chi connectivity index (χ3n) is 3.44. The second-order valence-corrected chi connectivity index (χ2v) is 7.39. The lowest BCUT2D eigenvalue weighted by molar-refractivity contribution is -0.113. The van der Waals surface area contributed by atoms with Crippen molar-refractivity contribution in [3.63, 3.8) is 0 Å². The molecule has 0 spiro atoms. The van der Waals surface area contributed by atoms with Crippen LogP contribution in [0.3, 0.4) is 0 Å². The van der Waals surface area contributed by atoms with E-state index >= 15 is 0 Å². The topological polar surface area (TPSA) is 72.7 Å². The van der Waals surface area contributed by atoms with E-state index in [4.69, 9.17) is 0 Å². The number of rotatable bonds is 5. The van der Waals surface area contributed by atoms with E-state index in [1.165, 1.54) is 18.1 Å². The molecule has 1 N–H and O–H groups in total. The van der Waals surface area contributed by atoms with Crippen LogP contribution in [0.2, 0.25) is 0 Å². The second kappa shape index (κ2) is 7.04. The summed E-state index contributed by atoms with van der Waals surface area (Å²) in [7, 11) is 0. The van der Waals surface area contributed by atoms with Crippen molar-refractivity contribution in [3.05, 3.63) is 61.2 Å². The standard InChI is InChI=1S/C17H13N5OS2/c23-16(9-24-17-21-13-6-2-4-8-15(13)25-17)20-12-5-1-3-7-14(12)22-11-18-10-19-22/h1-8,10-11H,9H2,(H,20,23). The van der Waals surface area contributed by atoms with E-state index in [2.05, 4.69) is 20.4 Å². The molecule has 2 aromatic carbocycles. The van der Waals surface area contributed by atoms with Crippen molar-refractivity contribution in [2.75, 3.05) is 11.1 Å². The highest BCUT2D eigenvalue weighted by atomic mass is 32.2. The van der Waals surface area contributed by atoms with Crippen LogP contribution in [0.25, 0.3) is 15.9 Å². The van der Waals surface area contributed by atoms with Gasteiger partial charge in [0.15, 0.2) is 4.34 Å². The molecule has 2 aromatic heterocycles. The van der Waals surface area contributed by atoms with Gasteiger partial charge in [0.25, 0.3) is 0 Å². The van der Waals surface area contributed by atoms with Crippen molar-refractivity contribution >= 4 is 44.9 Å². The number of hydrogen-bond acceptors (Lipinski definition) is 6. The molecular formula is C17H13N5OS2. The van der Waals surface area contributed by atoms with Gasteiger partial charge in [0.1, 0.15) is 12.7 Å². The number of benzene rings is 2. The zero-order valence-electron chi connectivity index (χ0n) is 13.0. The minimum absolute atomic E-state index is 0.0863. The Morgan fingerprint density at radius 3 is 2.84 bits per heavy atom. The average molecular weight is 367 g/mol. The monoisotopic (exact) mass is 367 g/mol. The maximum Gasteiger partial charge on any atom is 0.234 e. The van der Waals surface area contributed by atoms with E-state index in [1.807, 2.05) is 48.5 Å². The fraction of sp³-hybridized carbons (Fsp3) is 0.0588. The van der Waals surface area contributed by atoms with Crippen LogP contribution in [0.5, 0.6) is 0 Å². The lowest BCUT2D eigenvalue weighted by Crippen LogP contribution is -2.15. The highest BCUT2D eigenvalue weighted by Gasteiger charge is 2.11. The number of thiazole rings is 1. The van der Waals surface area contributed by atoms with Gasteiger partial charge in [0.2, 0.25) is 5.91 Å². The van der Waals surface area contributed by atoms with Gasteiger partial charge in [-0.1, -0.05) is 36.0 Å². The zero-order chi connectivity index (χ0) is 17.1. The summed E-state index contributed by atoms with van der Waals surface area (Å²) < 4.78 is 3.64. The van der Waals surface area contributed by atoms with Gasteiger partial charge in [-0.2, -0.15) is 5.10 Å². The Hall–Kier alpha value is -2.71. The van der Waals surface area contributed by atoms with Crippen molar-refractivity contribution in [2.45, 2.75) is 4.34 Å². The van der Waals surface area contributed by atoms with E-state index in [0.29, 0.717) is 11.4 Å². The number of carbonyl (C=O) groups excluding carboxylic acids is 1. The number of thioether (sulfide) groups is 1. The van der Waals surface area contributed by atoms with Crippen molar-refractivity contribution in [3.8, 4) is 5.69 Å². The smallest absolute Gasteiger partial charge is 0.234 e. The number of nitrogens with zero attached hydrogens (tertiary/aromatic N) is 4. The number of carbonyl (C=O) groups is 1. The van der Waals surface area contributed by atoms with Crippen molar-refractivity contribution in [2.24, 2.45) is 0 Å². The first kappa shape index (κ1) is 15.8. The Kier molecular flexibility index (Phi) is 4.45. The summed E-state index contributed by atoms with van der Waals surface area (Å²) in [5.41, 5.74) is 2.44. The summed E-state index contributed by atoms with van der Waals surface area (Å²) in [6, 6.07) is 15.4. The van der Waals surface area contributed by atoms with Crippen LogP contribution in [-0.2, 0) is 4.79 Å². The summed E-state index contributed by atoms with van der Waals surface area (Å²) in [6.07, 6.45) is 3.06. The van der Waals surface area contributed by atoms with E-state index in [9.17, 15) is 4.79 Å². The molecule has 0 unspecified atom stereocenters. The Morgan fingerprint density at radius 2 is 2.00 bits per heavy atom. The molecule has 0 aliphatic heterocycles. The maximum atomic E-state index is 12.3. The largest absolute Gasteiger partial charge is 0.323 e. The summed E-state index contributed by atoms with van der Waals surface area (Å²) in [4.78, 5) is 20.8. The van der Waals surface area contributed by atoms with Gasteiger partial charge in [0, 0.05) is 0 Å². The van der Waals surface area contributed by atoms with Gasteiger partial charge in [-0.15, -0.1) is 11.3 Å². The van der Waals surface area contributed by atoms with E-state index < -0.39 is 0 Å². The number of anilines is 1. The molecule has 4 aromatic rings. The maximum absolute atomic E-state index is 12.3. The first-order valence-corrected chi connectivity index (χ1v) is 9.32. The summed E-state index contributed by atoms with van der Waals surface area (Å²) in [5, 5.41) is 7.04. The Morgan fingerprint density at radius 1 is 1.16 bits per heavy atom. The molecule has 25 heavy (non-hydrogen) atoms. The van der Waals surface area contributed by atoms with Crippen LogP contribution < -0.4 is 5.32 Å². The Balaban J connectivity index is 1.44. The number of para-hydroxylation sites is 3. The first-order chi connectivity index (χ1) is 12.3. The summed E-state index contributed by atoms with van der Waals surface area (Å²) in [6.45, 7) is 0. The molecule has 4 rings (SSSR count). The molecule has 124 valence electrons. The molecule has 1 amide bonds. The van der Waals surface area contributed by atoms with Gasteiger partial charge >= 0.3 is 0 Å². The molecule has 8 heteroatoms. The first-order valence-electron chi connectivity index (χ1n) is 7.52. The molecule has 0 radical (unpaired) electrons. The van der Waals surface area contributed by atoms with Crippen LogP contribution in [-0.4, -0.2) is 31.4 Å². The fourth-order valence-electron chi connectivity index (χ4n) is 2.34. The predicted molar refractivity (Wildman–Crippen MR) is 100 cm³/mol. The minimum atomic E-state index is -0.0863. The lowest BCUT2D eigenvalue weighted by atomic mass is 10.2. The predicted octanol–water partition coefficient (Wildman–Crippen LogP) is 3.61. The van der Waals surface area contributed by atoms with Gasteiger partial charge in [-0.05, 0) is 24.3 Å². The number of hydrogen-bond donors (Lipinski definition) is 1. The van der Waals surface area contributed by atoms with E-state index in [1.54, 1.807) is 22.3 Å². The van der Waals surface area contributed by atoms with Gasteiger partial charge < -0.3 is 5.32 Å². The highest BCUT2D eigenvalue weighted by Crippen LogP contribution is 2.29. The molecule has 2 heterocycles. The normalized spacial score (nSPS) is 10.9. The quantitative estimate of drug-likeness (QED) is 0.546. The highest BCUT2D eigenvalue weighted by molar-refractivity contribution is 8.01. The molecule has 0 bridgehead atoms. The molecule has 0 atom stereocenters. The van der Waals surface area contributed by atoms with Crippen molar-refractivity contribution < 1.29 is 4.79 Å². The third-order valence-corrected chi connectivity index (χ3v) is 5.62. The number of fused-ring (bicyclic) bond motifs is 1. The van der Waals surface area contributed by atoms with Crippen LogP contribution >= 0.6 is 23.1 Å². The van der Waals surface area contributed by atoms with Crippen molar-refractivity contribution in [1.82, 2.24) is 19.7 Å². The van der Waals surface area contributed by atoms with E-state index in [0.717, 1.165) is 20.2 Å². The zero-order valence-corrected chi connectivity index (χ0v) is 14.6.